The highest BCUT2D eigenvalue weighted by atomic mass is 35.5. The molecule has 7 heteroatoms. The molecule has 0 spiro atoms. The lowest BCUT2D eigenvalue weighted by molar-refractivity contribution is -0.120. The van der Waals surface area contributed by atoms with E-state index in [1.165, 1.54) is 0 Å². The average molecular weight is 308 g/mol. The van der Waals surface area contributed by atoms with Gasteiger partial charge in [-0.2, -0.15) is 0 Å². The number of aromatic amines is 1. The standard InChI is InChI=1S/C14H18ClN5O/c1-3-11(14-16-6-7-17-14)19-13(21)9-20(2)12-5-4-10(15)8-18-12/h4-8,11H,3,9H2,1-2H3,(H,16,17)(H,19,21). The summed E-state index contributed by atoms with van der Waals surface area (Å²) in [5.74, 6) is 1.37. The van der Waals surface area contributed by atoms with Gasteiger partial charge >= 0.3 is 0 Å². The van der Waals surface area contributed by atoms with E-state index >= 15 is 0 Å². The minimum absolute atomic E-state index is 0.0856. The third-order valence-corrected chi connectivity index (χ3v) is 3.30. The minimum Gasteiger partial charge on any atom is -0.350 e. The maximum atomic E-state index is 12.1. The van der Waals surface area contributed by atoms with Crippen molar-refractivity contribution >= 4 is 23.3 Å². The number of H-pyrrole nitrogens is 1. The van der Waals surface area contributed by atoms with Crippen LogP contribution in [0.4, 0.5) is 5.82 Å². The molecule has 0 saturated heterocycles. The van der Waals surface area contributed by atoms with Crippen molar-refractivity contribution in [3.8, 4) is 0 Å². The van der Waals surface area contributed by atoms with E-state index in [-0.39, 0.29) is 18.5 Å². The molecule has 112 valence electrons. The maximum absolute atomic E-state index is 12.1. The molecule has 0 aliphatic heterocycles. The highest BCUT2D eigenvalue weighted by Gasteiger charge is 2.16. The zero-order chi connectivity index (χ0) is 15.2. The van der Waals surface area contributed by atoms with Gasteiger partial charge in [0.15, 0.2) is 0 Å². The molecule has 2 rings (SSSR count). The number of halogens is 1. The van der Waals surface area contributed by atoms with Crippen molar-refractivity contribution in [2.75, 3.05) is 18.5 Å². The zero-order valence-corrected chi connectivity index (χ0v) is 12.8. The molecule has 2 aromatic heterocycles. The molecular weight excluding hydrogens is 290 g/mol. The monoisotopic (exact) mass is 307 g/mol. The zero-order valence-electron chi connectivity index (χ0n) is 12.0. The molecule has 0 saturated carbocycles. The van der Waals surface area contributed by atoms with Crippen molar-refractivity contribution < 1.29 is 4.79 Å². The topological polar surface area (TPSA) is 73.9 Å². The Morgan fingerprint density at radius 3 is 2.86 bits per heavy atom. The Morgan fingerprint density at radius 2 is 2.29 bits per heavy atom. The quantitative estimate of drug-likeness (QED) is 0.857. The number of imidazole rings is 1. The summed E-state index contributed by atoms with van der Waals surface area (Å²) in [6.45, 7) is 2.21. The van der Waals surface area contributed by atoms with E-state index < -0.39 is 0 Å². The normalized spacial score (nSPS) is 12.0. The molecule has 2 aromatic rings. The summed E-state index contributed by atoms with van der Waals surface area (Å²) < 4.78 is 0. The van der Waals surface area contributed by atoms with Crippen molar-refractivity contribution in [2.45, 2.75) is 19.4 Å². The van der Waals surface area contributed by atoms with Gasteiger partial charge in [0.05, 0.1) is 17.6 Å². The molecule has 0 aliphatic rings. The molecule has 2 heterocycles. The molecule has 0 radical (unpaired) electrons. The van der Waals surface area contributed by atoms with Crippen LogP contribution in [-0.2, 0) is 4.79 Å². The number of amides is 1. The number of nitrogens with one attached hydrogen (secondary N) is 2. The summed E-state index contributed by atoms with van der Waals surface area (Å²) in [6.07, 6.45) is 5.74. The molecule has 0 aromatic carbocycles. The smallest absolute Gasteiger partial charge is 0.240 e. The number of pyridine rings is 1. The fourth-order valence-corrected chi connectivity index (χ4v) is 2.07. The Labute approximate surface area is 128 Å². The first kappa shape index (κ1) is 15.3. The first-order valence-electron chi connectivity index (χ1n) is 6.71. The molecule has 0 fully saturated rings. The van der Waals surface area contributed by atoms with Crippen molar-refractivity contribution in [1.29, 1.82) is 0 Å². The molecule has 21 heavy (non-hydrogen) atoms. The van der Waals surface area contributed by atoms with Gasteiger partial charge in [0.1, 0.15) is 11.6 Å². The largest absolute Gasteiger partial charge is 0.350 e. The maximum Gasteiger partial charge on any atom is 0.240 e. The number of carbonyl (C=O) groups is 1. The van der Waals surface area contributed by atoms with Crippen LogP contribution in [0.1, 0.15) is 25.2 Å². The van der Waals surface area contributed by atoms with Crippen molar-refractivity contribution in [2.24, 2.45) is 0 Å². The number of rotatable bonds is 6. The van der Waals surface area contributed by atoms with Crippen LogP contribution in [0.15, 0.2) is 30.7 Å². The number of aromatic nitrogens is 3. The second-order valence-corrected chi connectivity index (χ2v) is 5.13. The molecule has 1 unspecified atom stereocenters. The predicted octanol–water partition coefficient (Wildman–Crippen LogP) is 2.16. The fourth-order valence-electron chi connectivity index (χ4n) is 1.96. The van der Waals surface area contributed by atoms with Crippen LogP contribution in [0.5, 0.6) is 0 Å². The molecule has 1 atom stereocenters. The predicted molar refractivity (Wildman–Crippen MR) is 82.3 cm³/mol. The van der Waals surface area contributed by atoms with Gasteiger partial charge in [-0.3, -0.25) is 4.79 Å². The Kier molecular flexibility index (Phi) is 5.16. The molecule has 0 bridgehead atoms. The summed E-state index contributed by atoms with van der Waals surface area (Å²) >= 11 is 5.80. The highest BCUT2D eigenvalue weighted by molar-refractivity contribution is 6.30. The number of carbonyl (C=O) groups excluding carboxylic acids is 1. The van der Waals surface area contributed by atoms with Gasteiger partial charge < -0.3 is 15.2 Å². The Hall–Kier alpha value is -2.08. The Morgan fingerprint density at radius 1 is 1.48 bits per heavy atom. The van der Waals surface area contributed by atoms with Gasteiger partial charge in [-0.25, -0.2) is 9.97 Å². The first-order chi connectivity index (χ1) is 10.1. The van der Waals surface area contributed by atoms with Gasteiger partial charge in [0, 0.05) is 25.6 Å². The van der Waals surface area contributed by atoms with Crippen molar-refractivity contribution in [3.05, 3.63) is 41.6 Å². The molecule has 6 nitrogen and oxygen atoms in total. The second kappa shape index (κ2) is 7.08. The minimum atomic E-state index is -0.112. The molecule has 0 aliphatic carbocycles. The van der Waals surface area contributed by atoms with Crippen LogP contribution < -0.4 is 10.2 Å². The van der Waals surface area contributed by atoms with Gasteiger partial charge in [0.25, 0.3) is 0 Å². The van der Waals surface area contributed by atoms with E-state index in [4.69, 9.17) is 11.6 Å². The van der Waals surface area contributed by atoms with Crippen molar-refractivity contribution in [3.63, 3.8) is 0 Å². The van der Waals surface area contributed by atoms with Crippen LogP contribution in [0.25, 0.3) is 0 Å². The van der Waals surface area contributed by atoms with E-state index in [9.17, 15) is 4.79 Å². The summed E-state index contributed by atoms with van der Waals surface area (Å²) in [7, 11) is 1.81. The van der Waals surface area contributed by atoms with E-state index in [0.717, 1.165) is 12.2 Å². The van der Waals surface area contributed by atoms with E-state index in [0.29, 0.717) is 10.8 Å². The Bertz CT molecular complexity index is 570. The average Bonchev–Trinajstić information content (AvgIpc) is 2.99. The summed E-state index contributed by atoms with van der Waals surface area (Å²) in [5, 5.41) is 3.52. The van der Waals surface area contributed by atoms with Crippen LogP contribution >= 0.6 is 11.6 Å². The highest BCUT2D eigenvalue weighted by Crippen LogP contribution is 2.14. The SMILES string of the molecule is CCC(NC(=O)CN(C)c1ccc(Cl)cn1)c1ncc[nH]1. The lowest BCUT2D eigenvalue weighted by Crippen LogP contribution is -2.37. The van der Waals surface area contributed by atoms with Crippen LogP contribution in [-0.4, -0.2) is 34.5 Å². The fraction of sp³-hybridized carbons (Fsp3) is 0.357. The van der Waals surface area contributed by atoms with Crippen LogP contribution in [0.2, 0.25) is 5.02 Å². The number of anilines is 1. The summed E-state index contributed by atoms with van der Waals surface area (Å²) in [6, 6.07) is 3.41. The number of nitrogens with zero attached hydrogens (tertiary/aromatic N) is 3. The Balaban J connectivity index is 1.93. The van der Waals surface area contributed by atoms with Gasteiger partial charge in [-0.1, -0.05) is 18.5 Å². The third kappa shape index (κ3) is 4.19. The van der Waals surface area contributed by atoms with Crippen LogP contribution in [0, 0.1) is 0 Å². The molecule has 1 amide bonds. The molecular formula is C14H18ClN5O. The lowest BCUT2D eigenvalue weighted by atomic mass is 10.2. The van der Waals surface area contributed by atoms with Gasteiger partial charge in [0.2, 0.25) is 5.91 Å². The van der Waals surface area contributed by atoms with E-state index in [1.807, 2.05) is 14.0 Å². The second-order valence-electron chi connectivity index (χ2n) is 4.69. The first-order valence-corrected chi connectivity index (χ1v) is 7.09. The van der Waals surface area contributed by atoms with Gasteiger partial charge in [-0.05, 0) is 18.6 Å². The van der Waals surface area contributed by atoms with Gasteiger partial charge in [-0.15, -0.1) is 0 Å². The summed E-state index contributed by atoms with van der Waals surface area (Å²) in [5.41, 5.74) is 0. The number of likely N-dealkylation sites (N-methyl/N-ethyl adjacent to an activating group) is 1. The number of hydrogen-bond acceptors (Lipinski definition) is 4. The van der Waals surface area contributed by atoms with Crippen molar-refractivity contribution in [1.82, 2.24) is 20.3 Å². The molecule has 2 N–H and O–H groups in total. The van der Waals surface area contributed by atoms with Crippen LogP contribution in [0.3, 0.4) is 0 Å². The van der Waals surface area contributed by atoms with E-state index in [1.54, 1.807) is 35.6 Å². The lowest BCUT2D eigenvalue weighted by Gasteiger charge is -2.20. The number of hydrogen-bond donors (Lipinski definition) is 2. The summed E-state index contributed by atoms with van der Waals surface area (Å²) in [4.78, 5) is 25.2. The van der Waals surface area contributed by atoms with E-state index in [2.05, 4.69) is 20.3 Å². The third-order valence-electron chi connectivity index (χ3n) is 3.08.